The van der Waals surface area contributed by atoms with E-state index in [1.54, 1.807) is 18.2 Å². The third-order valence-electron chi connectivity index (χ3n) is 5.44. The Bertz CT molecular complexity index is 605. The molecule has 1 aliphatic carbocycles. The second kappa shape index (κ2) is 8.61. The Morgan fingerprint density at radius 3 is 2.64 bits per heavy atom. The maximum Gasteiger partial charge on any atom is 0.260 e. The molecule has 1 heterocycles. The molecule has 25 heavy (non-hydrogen) atoms. The van der Waals surface area contributed by atoms with Gasteiger partial charge in [-0.15, -0.1) is 0 Å². The summed E-state index contributed by atoms with van der Waals surface area (Å²) >= 11 is 12.0. The molecular weight excluding hydrogens is 359 g/mol. The second-order valence-corrected chi connectivity index (χ2v) is 7.87. The lowest BCUT2D eigenvalue weighted by molar-refractivity contribution is -0.136. The van der Waals surface area contributed by atoms with Crippen LogP contribution in [0.3, 0.4) is 0 Å². The van der Waals surface area contributed by atoms with Gasteiger partial charge in [0, 0.05) is 24.2 Å². The van der Waals surface area contributed by atoms with Crippen molar-refractivity contribution < 1.29 is 9.53 Å². The Kier molecular flexibility index (Phi) is 6.48. The van der Waals surface area contributed by atoms with Crippen LogP contribution in [0.2, 0.25) is 10.0 Å². The van der Waals surface area contributed by atoms with Crippen LogP contribution in [-0.2, 0) is 4.79 Å². The molecule has 1 saturated heterocycles. The number of carbonyl (C=O) groups is 1. The van der Waals surface area contributed by atoms with Crippen molar-refractivity contribution in [2.45, 2.75) is 50.6 Å². The summed E-state index contributed by atoms with van der Waals surface area (Å²) in [6.45, 7) is 2.33. The maximum atomic E-state index is 12.7. The fourth-order valence-electron chi connectivity index (χ4n) is 4.06. The number of ether oxygens (including phenoxy) is 1. The van der Waals surface area contributed by atoms with E-state index >= 15 is 0 Å². The van der Waals surface area contributed by atoms with Crippen molar-refractivity contribution >= 4 is 29.1 Å². The standard InChI is InChI=1S/C19H26Cl2N2O2/c1-22(16-6-2-3-7-17(16)23-10-4-5-11-23)19(24)13-25-18-9-8-14(20)12-15(18)21/h8-9,12,16-17H,2-7,10-11,13H2,1H3/t16-,17-/m1/s1. The van der Waals surface area contributed by atoms with Crippen LogP contribution in [0, 0.1) is 0 Å². The molecule has 3 rings (SSSR count). The summed E-state index contributed by atoms with van der Waals surface area (Å²) in [6.07, 6.45) is 7.27. The highest BCUT2D eigenvalue weighted by molar-refractivity contribution is 6.35. The summed E-state index contributed by atoms with van der Waals surface area (Å²) in [7, 11) is 1.91. The van der Waals surface area contributed by atoms with Crippen molar-refractivity contribution in [3.63, 3.8) is 0 Å². The van der Waals surface area contributed by atoms with E-state index in [1.807, 2.05) is 11.9 Å². The van der Waals surface area contributed by atoms with Crippen molar-refractivity contribution in [1.29, 1.82) is 0 Å². The first-order chi connectivity index (χ1) is 12.1. The van der Waals surface area contributed by atoms with Gasteiger partial charge in [-0.25, -0.2) is 0 Å². The first-order valence-corrected chi connectivity index (χ1v) is 9.89. The maximum absolute atomic E-state index is 12.7. The molecule has 4 nitrogen and oxygen atoms in total. The molecule has 0 bridgehead atoms. The summed E-state index contributed by atoms with van der Waals surface area (Å²) in [5.74, 6) is 0.495. The van der Waals surface area contributed by atoms with E-state index < -0.39 is 0 Å². The van der Waals surface area contributed by atoms with Gasteiger partial charge in [-0.05, 0) is 57.0 Å². The minimum atomic E-state index is 0.00106. The van der Waals surface area contributed by atoms with E-state index in [9.17, 15) is 4.79 Å². The Labute approximate surface area is 160 Å². The highest BCUT2D eigenvalue weighted by Gasteiger charge is 2.35. The zero-order chi connectivity index (χ0) is 17.8. The molecule has 6 heteroatoms. The summed E-state index contributed by atoms with van der Waals surface area (Å²) in [4.78, 5) is 17.1. The van der Waals surface area contributed by atoms with Crippen molar-refractivity contribution in [2.24, 2.45) is 0 Å². The number of likely N-dealkylation sites (tertiary alicyclic amines) is 1. The fourth-order valence-corrected chi connectivity index (χ4v) is 4.52. The van der Waals surface area contributed by atoms with E-state index in [1.165, 1.54) is 45.2 Å². The Hall–Kier alpha value is -0.970. The topological polar surface area (TPSA) is 32.8 Å². The molecule has 1 amide bonds. The summed E-state index contributed by atoms with van der Waals surface area (Å²) in [6, 6.07) is 5.80. The van der Waals surface area contributed by atoms with Crippen LogP contribution in [0.4, 0.5) is 0 Å². The molecule has 1 aromatic rings. The van der Waals surface area contributed by atoms with Gasteiger partial charge >= 0.3 is 0 Å². The van der Waals surface area contributed by atoms with E-state index in [2.05, 4.69) is 4.90 Å². The molecule has 0 N–H and O–H groups in total. The lowest BCUT2D eigenvalue weighted by Gasteiger charge is -2.42. The van der Waals surface area contributed by atoms with Gasteiger partial charge in [0.1, 0.15) is 5.75 Å². The number of nitrogens with zero attached hydrogens (tertiary/aromatic N) is 2. The van der Waals surface area contributed by atoms with E-state index in [0.29, 0.717) is 21.8 Å². The zero-order valence-electron chi connectivity index (χ0n) is 14.7. The largest absolute Gasteiger partial charge is 0.482 e. The van der Waals surface area contributed by atoms with Gasteiger partial charge in [-0.3, -0.25) is 9.69 Å². The number of halogens is 2. The number of likely N-dealkylation sites (N-methyl/N-ethyl adjacent to an activating group) is 1. The normalized spacial score (nSPS) is 24.3. The summed E-state index contributed by atoms with van der Waals surface area (Å²) in [5, 5.41) is 0.979. The molecule has 2 atom stereocenters. The van der Waals surface area contributed by atoms with E-state index in [0.717, 1.165) is 6.42 Å². The smallest absolute Gasteiger partial charge is 0.260 e. The first-order valence-electron chi connectivity index (χ1n) is 9.14. The predicted molar refractivity (Wildman–Crippen MR) is 102 cm³/mol. The van der Waals surface area contributed by atoms with Crippen molar-refractivity contribution in [3.8, 4) is 5.75 Å². The van der Waals surface area contributed by atoms with Gasteiger partial charge in [0.2, 0.25) is 0 Å². The molecule has 0 unspecified atom stereocenters. The Balaban J connectivity index is 1.60. The third-order valence-corrected chi connectivity index (χ3v) is 5.97. The van der Waals surface area contributed by atoms with Crippen LogP contribution in [0.5, 0.6) is 5.75 Å². The average Bonchev–Trinajstić information content (AvgIpc) is 3.14. The number of hydrogen-bond donors (Lipinski definition) is 0. The number of hydrogen-bond acceptors (Lipinski definition) is 3. The minimum Gasteiger partial charge on any atom is -0.482 e. The van der Waals surface area contributed by atoms with Gasteiger partial charge in [0.05, 0.1) is 5.02 Å². The monoisotopic (exact) mass is 384 g/mol. The highest BCUT2D eigenvalue weighted by atomic mass is 35.5. The van der Waals surface area contributed by atoms with Gasteiger partial charge in [-0.2, -0.15) is 0 Å². The number of rotatable bonds is 5. The van der Waals surface area contributed by atoms with Crippen LogP contribution < -0.4 is 4.74 Å². The SMILES string of the molecule is CN(C(=O)COc1ccc(Cl)cc1Cl)[C@@H]1CCCC[C@H]1N1CCCC1. The summed E-state index contributed by atoms with van der Waals surface area (Å²) in [5.41, 5.74) is 0. The molecular formula is C19H26Cl2N2O2. The molecule has 0 aromatic heterocycles. The van der Waals surface area contributed by atoms with Gasteiger partial charge in [-0.1, -0.05) is 36.0 Å². The minimum absolute atomic E-state index is 0.00106. The first kappa shape index (κ1) is 18.8. The Morgan fingerprint density at radius 1 is 1.20 bits per heavy atom. The van der Waals surface area contributed by atoms with E-state index in [-0.39, 0.29) is 18.6 Å². The van der Waals surface area contributed by atoms with Crippen LogP contribution in [-0.4, -0.2) is 54.5 Å². The zero-order valence-corrected chi connectivity index (χ0v) is 16.2. The molecule has 2 fully saturated rings. The van der Waals surface area contributed by atoms with Crippen LogP contribution in [0.25, 0.3) is 0 Å². The quantitative estimate of drug-likeness (QED) is 0.760. The fraction of sp³-hybridized carbons (Fsp3) is 0.632. The number of benzene rings is 1. The van der Waals surface area contributed by atoms with Crippen LogP contribution >= 0.6 is 23.2 Å². The number of carbonyl (C=O) groups excluding carboxylic acids is 1. The summed E-state index contributed by atoms with van der Waals surface area (Å²) < 4.78 is 5.63. The molecule has 2 aliphatic rings. The third kappa shape index (κ3) is 4.60. The lowest BCUT2D eigenvalue weighted by Crippen LogP contribution is -2.53. The molecule has 0 spiro atoms. The lowest BCUT2D eigenvalue weighted by atomic mass is 9.88. The number of amides is 1. The second-order valence-electron chi connectivity index (χ2n) is 7.03. The molecule has 1 aliphatic heterocycles. The highest BCUT2D eigenvalue weighted by Crippen LogP contribution is 2.30. The van der Waals surface area contributed by atoms with Gasteiger partial charge in [0.25, 0.3) is 5.91 Å². The van der Waals surface area contributed by atoms with Gasteiger partial charge < -0.3 is 9.64 Å². The van der Waals surface area contributed by atoms with Crippen molar-refractivity contribution in [3.05, 3.63) is 28.2 Å². The predicted octanol–water partition coefficient (Wildman–Crippen LogP) is 4.24. The van der Waals surface area contributed by atoms with Crippen LogP contribution in [0.15, 0.2) is 18.2 Å². The van der Waals surface area contributed by atoms with E-state index in [4.69, 9.17) is 27.9 Å². The van der Waals surface area contributed by atoms with Crippen molar-refractivity contribution in [1.82, 2.24) is 9.80 Å². The molecule has 1 aromatic carbocycles. The Morgan fingerprint density at radius 2 is 1.92 bits per heavy atom. The van der Waals surface area contributed by atoms with Crippen molar-refractivity contribution in [2.75, 3.05) is 26.7 Å². The van der Waals surface area contributed by atoms with Crippen LogP contribution in [0.1, 0.15) is 38.5 Å². The van der Waals surface area contributed by atoms with Gasteiger partial charge in [0.15, 0.2) is 6.61 Å². The average molecular weight is 385 g/mol. The molecule has 1 saturated carbocycles. The molecule has 0 radical (unpaired) electrons. The molecule has 138 valence electrons.